The zero-order valence-electron chi connectivity index (χ0n) is 17.8. The molecular weight excluding hydrogens is 350 g/mol. The number of aliphatic hydroxyl groups is 1. The molecule has 4 heteroatoms. The lowest BCUT2D eigenvalue weighted by Gasteiger charge is -2.55. The Bertz CT molecular complexity index is 724. The van der Waals surface area contributed by atoms with Crippen molar-refractivity contribution in [3.8, 4) is 5.75 Å². The fraction of sp³-hybridized carbons (Fsp3) is 0.708. The van der Waals surface area contributed by atoms with Crippen molar-refractivity contribution >= 4 is 5.91 Å². The third-order valence-electron chi connectivity index (χ3n) is 7.08. The maximum absolute atomic E-state index is 12.5. The van der Waals surface area contributed by atoms with E-state index in [2.05, 4.69) is 45.0 Å². The van der Waals surface area contributed by atoms with Crippen LogP contribution in [0.1, 0.15) is 71.8 Å². The minimum absolute atomic E-state index is 0.0436. The predicted octanol–water partition coefficient (Wildman–Crippen LogP) is 4.30. The summed E-state index contributed by atoms with van der Waals surface area (Å²) in [7, 11) is 0. The number of nitrogens with zero attached hydrogens (tertiary/aromatic N) is 1. The lowest BCUT2D eigenvalue weighted by molar-refractivity contribution is -0.164. The van der Waals surface area contributed by atoms with Crippen LogP contribution in [0.2, 0.25) is 0 Å². The molecule has 4 rings (SSSR count). The van der Waals surface area contributed by atoms with Gasteiger partial charge in [-0.25, -0.2) is 0 Å². The molecule has 2 saturated carbocycles. The number of amides is 1. The van der Waals surface area contributed by atoms with Crippen LogP contribution in [0.5, 0.6) is 5.75 Å². The summed E-state index contributed by atoms with van der Waals surface area (Å²) in [6, 6.07) is 8.51. The van der Waals surface area contributed by atoms with E-state index < -0.39 is 5.60 Å². The molecule has 2 aliphatic carbocycles. The van der Waals surface area contributed by atoms with Gasteiger partial charge in [-0.15, -0.1) is 0 Å². The molecule has 1 amide bonds. The van der Waals surface area contributed by atoms with Crippen molar-refractivity contribution in [3.05, 3.63) is 29.8 Å². The number of carbonyl (C=O) groups excluding carboxylic acids is 1. The zero-order valence-corrected chi connectivity index (χ0v) is 17.8. The summed E-state index contributed by atoms with van der Waals surface area (Å²) in [6.07, 6.45) is 5.95. The first-order chi connectivity index (χ1) is 13.1. The first-order valence-electron chi connectivity index (χ1n) is 10.8. The molecule has 0 aromatic heterocycles. The van der Waals surface area contributed by atoms with Gasteiger partial charge in [-0.2, -0.15) is 0 Å². The van der Waals surface area contributed by atoms with E-state index in [1.54, 1.807) is 0 Å². The molecule has 1 N–H and O–H groups in total. The van der Waals surface area contributed by atoms with E-state index in [0.29, 0.717) is 18.3 Å². The summed E-state index contributed by atoms with van der Waals surface area (Å²) in [5, 5.41) is 9.87. The van der Waals surface area contributed by atoms with Crippen LogP contribution >= 0.6 is 0 Å². The van der Waals surface area contributed by atoms with E-state index in [4.69, 9.17) is 4.74 Å². The fourth-order valence-electron chi connectivity index (χ4n) is 5.22. The Morgan fingerprint density at radius 1 is 1.18 bits per heavy atom. The van der Waals surface area contributed by atoms with Gasteiger partial charge >= 0.3 is 0 Å². The SMILES string of the molecule is CC1(O)CC(C(=O)N2CC3(CCC(Oc4cccc(C(C)(C)C)c4)CC3)C2)C1. The molecule has 1 spiro atoms. The third-order valence-corrected chi connectivity index (χ3v) is 7.08. The maximum Gasteiger partial charge on any atom is 0.225 e. The molecule has 1 heterocycles. The summed E-state index contributed by atoms with van der Waals surface area (Å²) < 4.78 is 6.31. The van der Waals surface area contributed by atoms with E-state index in [-0.39, 0.29) is 23.3 Å². The van der Waals surface area contributed by atoms with E-state index in [1.807, 2.05) is 11.8 Å². The molecule has 28 heavy (non-hydrogen) atoms. The van der Waals surface area contributed by atoms with Crippen LogP contribution in [-0.2, 0) is 10.2 Å². The van der Waals surface area contributed by atoms with Crippen LogP contribution in [0.4, 0.5) is 0 Å². The Labute approximate surface area is 169 Å². The minimum atomic E-state index is -0.622. The van der Waals surface area contributed by atoms with Gasteiger partial charge in [0.15, 0.2) is 0 Å². The van der Waals surface area contributed by atoms with Gasteiger partial charge in [-0.1, -0.05) is 32.9 Å². The number of rotatable bonds is 3. The normalized spacial score (nSPS) is 29.9. The average Bonchev–Trinajstić information content (AvgIpc) is 2.57. The molecular formula is C24H35NO3. The first kappa shape index (κ1) is 19.8. The van der Waals surface area contributed by atoms with Crippen molar-refractivity contribution in [2.45, 2.75) is 83.3 Å². The Balaban J connectivity index is 1.25. The topological polar surface area (TPSA) is 49.8 Å². The largest absolute Gasteiger partial charge is 0.490 e. The van der Waals surface area contributed by atoms with Gasteiger partial charge in [0.25, 0.3) is 0 Å². The van der Waals surface area contributed by atoms with Crippen molar-refractivity contribution in [2.24, 2.45) is 11.3 Å². The van der Waals surface area contributed by atoms with E-state index in [0.717, 1.165) is 44.5 Å². The summed E-state index contributed by atoms with van der Waals surface area (Å²) >= 11 is 0. The lowest BCUT2D eigenvalue weighted by Crippen LogP contribution is -2.63. The molecule has 0 atom stereocenters. The van der Waals surface area contributed by atoms with Crippen LogP contribution in [0.3, 0.4) is 0 Å². The highest BCUT2D eigenvalue weighted by atomic mass is 16.5. The molecule has 1 aromatic rings. The van der Waals surface area contributed by atoms with Gasteiger partial charge in [-0.05, 0) is 68.6 Å². The highest BCUT2D eigenvalue weighted by molar-refractivity contribution is 5.81. The van der Waals surface area contributed by atoms with E-state index in [9.17, 15) is 9.90 Å². The molecule has 0 radical (unpaired) electrons. The minimum Gasteiger partial charge on any atom is -0.490 e. The third kappa shape index (κ3) is 3.94. The summed E-state index contributed by atoms with van der Waals surface area (Å²) in [6.45, 7) is 10.3. The Kier molecular flexibility index (Phi) is 4.77. The molecule has 1 aromatic carbocycles. The lowest BCUT2D eigenvalue weighted by atomic mass is 9.66. The molecule has 1 aliphatic heterocycles. The molecule has 154 valence electrons. The first-order valence-corrected chi connectivity index (χ1v) is 10.8. The zero-order chi connectivity index (χ0) is 20.2. The highest BCUT2D eigenvalue weighted by Gasteiger charge is 2.51. The Morgan fingerprint density at radius 3 is 2.39 bits per heavy atom. The highest BCUT2D eigenvalue weighted by Crippen LogP contribution is 2.47. The van der Waals surface area contributed by atoms with Gasteiger partial charge in [0.1, 0.15) is 5.75 Å². The van der Waals surface area contributed by atoms with Gasteiger partial charge in [0.2, 0.25) is 5.91 Å². The van der Waals surface area contributed by atoms with Crippen LogP contribution < -0.4 is 4.74 Å². The molecule has 4 nitrogen and oxygen atoms in total. The number of carbonyl (C=O) groups is 1. The number of benzene rings is 1. The molecule has 0 bridgehead atoms. The van der Waals surface area contributed by atoms with Crippen LogP contribution in [0, 0.1) is 11.3 Å². The van der Waals surface area contributed by atoms with Gasteiger partial charge < -0.3 is 14.7 Å². The van der Waals surface area contributed by atoms with Crippen molar-refractivity contribution in [1.29, 1.82) is 0 Å². The molecule has 0 unspecified atom stereocenters. The second-order valence-electron chi connectivity index (χ2n) is 10.9. The van der Waals surface area contributed by atoms with E-state index >= 15 is 0 Å². The number of hydrogen-bond acceptors (Lipinski definition) is 3. The summed E-state index contributed by atoms with van der Waals surface area (Å²) in [5.74, 6) is 1.28. The molecule has 3 fully saturated rings. The second-order valence-corrected chi connectivity index (χ2v) is 10.9. The van der Waals surface area contributed by atoms with Crippen molar-refractivity contribution < 1.29 is 14.6 Å². The maximum atomic E-state index is 12.5. The molecule has 1 saturated heterocycles. The van der Waals surface area contributed by atoms with Gasteiger partial charge in [0.05, 0.1) is 11.7 Å². The Morgan fingerprint density at radius 2 is 1.82 bits per heavy atom. The standard InChI is InChI=1S/C24H35NO3/c1-22(2,3)18-6-5-7-20(12-18)28-19-8-10-24(11-9-19)15-25(16-24)21(26)17-13-23(4,27)14-17/h5-7,12,17,19,27H,8-11,13-16H2,1-4H3. The van der Waals surface area contributed by atoms with Crippen LogP contribution in [0.15, 0.2) is 24.3 Å². The quantitative estimate of drug-likeness (QED) is 0.844. The van der Waals surface area contributed by atoms with Crippen molar-refractivity contribution in [1.82, 2.24) is 4.90 Å². The van der Waals surface area contributed by atoms with Gasteiger partial charge in [-0.3, -0.25) is 4.79 Å². The molecule has 3 aliphatic rings. The average molecular weight is 386 g/mol. The van der Waals surface area contributed by atoms with Crippen molar-refractivity contribution in [3.63, 3.8) is 0 Å². The summed E-state index contributed by atoms with van der Waals surface area (Å²) in [4.78, 5) is 14.6. The fourth-order valence-corrected chi connectivity index (χ4v) is 5.22. The number of ether oxygens (including phenoxy) is 1. The van der Waals surface area contributed by atoms with Crippen LogP contribution in [0.25, 0.3) is 0 Å². The predicted molar refractivity (Wildman–Crippen MR) is 110 cm³/mol. The second kappa shape index (κ2) is 6.76. The van der Waals surface area contributed by atoms with Gasteiger partial charge in [0, 0.05) is 24.4 Å². The number of hydrogen-bond donors (Lipinski definition) is 1. The smallest absolute Gasteiger partial charge is 0.225 e. The summed E-state index contributed by atoms with van der Waals surface area (Å²) in [5.41, 5.74) is 1.13. The number of likely N-dealkylation sites (tertiary alicyclic amines) is 1. The van der Waals surface area contributed by atoms with Crippen LogP contribution in [-0.4, -0.2) is 40.7 Å². The van der Waals surface area contributed by atoms with E-state index in [1.165, 1.54) is 5.56 Å². The monoisotopic (exact) mass is 385 g/mol. The Hall–Kier alpha value is -1.55. The van der Waals surface area contributed by atoms with Crippen molar-refractivity contribution in [2.75, 3.05) is 13.1 Å².